The first-order valence-corrected chi connectivity index (χ1v) is 11.0. The minimum Gasteiger partial charge on any atom is -0.473 e. The number of aromatic nitrogens is 3. The van der Waals surface area contributed by atoms with E-state index in [4.69, 9.17) is 4.74 Å². The van der Waals surface area contributed by atoms with Gasteiger partial charge in [0.25, 0.3) is 0 Å². The molecule has 0 aliphatic heterocycles. The van der Waals surface area contributed by atoms with E-state index in [0.29, 0.717) is 0 Å². The van der Waals surface area contributed by atoms with Gasteiger partial charge in [0.15, 0.2) is 21.3 Å². The molecule has 0 aliphatic carbocycles. The van der Waals surface area contributed by atoms with Crippen molar-refractivity contribution in [3.05, 3.63) is 78.1 Å². The number of halogens is 3. The number of ether oxygens (including phenoxy) is 1. The number of sulfone groups is 1. The highest BCUT2D eigenvalue weighted by molar-refractivity contribution is 7.90. The Morgan fingerprint density at radius 3 is 2.45 bits per heavy atom. The van der Waals surface area contributed by atoms with Crippen molar-refractivity contribution in [3.8, 4) is 11.7 Å². The Morgan fingerprint density at radius 2 is 1.77 bits per heavy atom. The number of pyridine rings is 1. The Labute approximate surface area is 175 Å². The lowest BCUT2D eigenvalue weighted by Crippen LogP contribution is -2.09. The molecular formula is C21H16F3N3O3S. The van der Waals surface area contributed by atoms with Crippen molar-refractivity contribution in [2.45, 2.75) is 17.7 Å². The molecule has 0 bridgehead atoms. The zero-order chi connectivity index (χ0) is 22.2. The van der Waals surface area contributed by atoms with Gasteiger partial charge in [-0.1, -0.05) is 42.5 Å². The summed E-state index contributed by atoms with van der Waals surface area (Å²) in [5.41, 5.74) is -0.353. The molecule has 2 aromatic carbocycles. The number of alkyl halides is 3. The van der Waals surface area contributed by atoms with Gasteiger partial charge in [0, 0.05) is 18.5 Å². The van der Waals surface area contributed by atoms with Crippen molar-refractivity contribution in [2.75, 3.05) is 6.26 Å². The number of fused-ring (bicyclic) bond motifs is 1. The Balaban J connectivity index is 1.70. The van der Waals surface area contributed by atoms with Crippen LogP contribution in [0.2, 0.25) is 0 Å². The van der Waals surface area contributed by atoms with Crippen LogP contribution in [-0.4, -0.2) is 29.4 Å². The maximum absolute atomic E-state index is 13.3. The average molecular weight is 447 g/mol. The molecule has 160 valence electrons. The first-order valence-electron chi connectivity index (χ1n) is 9.06. The largest absolute Gasteiger partial charge is 0.473 e. The first kappa shape index (κ1) is 20.9. The first-order chi connectivity index (χ1) is 14.6. The zero-order valence-electron chi connectivity index (χ0n) is 16.2. The summed E-state index contributed by atoms with van der Waals surface area (Å²) in [5.74, 6) is -0.171. The van der Waals surface area contributed by atoms with E-state index in [2.05, 4.69) is 10.1 Å². The average Bonchev–Trinajstić information content (AvgIpc) is 3.16. The lowest BCUT2D eigenvalue weighted by molar-refractivity contribution is -0.141. The smallest absolute Gasteiger partial charge is 0.435 e. The van der Waals surface area contributed by atoms with Crippen LogP contribution < -0.4 is 4.74 Å². The van der Waals surface area contributed by atoms with E-state index in [0.717, 1.165) is 39.5 Å². The van der Waals surface area contributed by atoms with Gasteiger partial charge in [-0.15, -0.1) is 0 Å². The van der Waals surface area contributed by atoms with E-state index in [1.807, 2.05) is 42.5 Å². The Kier molecular flexibility index (Phi) is 5.18. The molecule has 0 spiro atoms. The van der Waals surface area contributed by atoms with Crippen LogP contribution in [0, 0.1) is 0 Å². The molecule has 0 unspecified atom stereocenters. The Hall–Kier alpha value is -3.40. The Bertz CT molecular complexity index is 1340. The SMILES string of the molecule is CS(=O)(=O)c1ccc(-n2nc(C(F)(F)F)cc2OCc2cccc3ccccc23)nc1. The minimum absolute atomic E-state index is 0.00387. The summed E-state index contributed by atoms with van der Waals surface area (Å²) in [4.78, 5) is 3.89. The summed E-state index contributed by atoms with van der Waals surface area (Å²) in [6.45, 7) is 0.00572. The van der Waals surface area contributed by atoms with Crippen LogP contribution in [0.15, 0.2) is 71.8 Å². The van der Waals surface area contributed by atoms with E-state index in [-0.39, 0.29) is 23.2 Å². The third-order valence-corrected chi connectivity index (χ3v) is 5.69. The molecule has 0 amide bonds. The summed E-state index contributed by atoms with van der Waals surface area (Å²) in [7, 11) is -3.50. The maximum Gasteiger partial charge on any atom is 0.435 e. The van der Waals surface area contributed by atoms with Crippen molar-refractivity contribution in [3.63, 3.8) is 0 Å². The summed E-state index contributed by atoms with van der Waals surface area (Å²) in [6, 6.07) is 16.5. The fraction of sp³-hybridized carbons (Fsp3) is 0.143. The van der Waals surface area contributed by atoms with Gasteiger partial charge < -0.3 is 4.74 Å². The molecular weight excluding hydrogens is 431 g/mol. The molecule has 2 heterocycles. The van der Waals surface area contributed by atoms with Crippen LogP contribution in [0.4, 0.5) is 13.2 Å². The lowest BCUT2D eigenvalue weighted by atomic mass is 10.1. The standard InChI is InChI=1S/C21H16F3N3O3S/c1-31(28,29)16-9-10-19(25-12-16)27-20(11-18(26-27)21(22,23)24)30-13-15-7-4-6-14-5-2-3-8-17(14)15/h2-12H,13H2,1H3. The van der Waals surface area contributed by atoms with E-state index in [1.165, 1.54) is 12.1 Å². The van der Waals surface area contributed by atoms with Gasteiger partial charge >= 0.3 is 6.18 Å². The highest BCUT2D eigenvalue weighted by atomic mass is 32.2. The normalized spacial score (nSPS) is 12.3. The number of nitrogens with zero attached hydrogens (tertiary/aromatic N) is 3. The highest BCUT2D eigenvalue weighted by Crippen LogP contribution is 2.32. The van der Waals surface area contributed by atoms with Gasteiger partial charge in [-0.25, -0.2) is 13.4 Å². The number of hydrogen-bond acceptors (Lipinski definition) is 5. The van der Waals surface area contributed by atoms with Crippen molar-refractivity contribution in [2.24, 2.45) is 0 Å². The third-order valence-electron chi connectivity index (χ3n) is 4.59. The van der Waals surface area contributed by atoms with Gasteiger partial charge in [0.1, 0.15) is 6.61 Å². The number of benzene rings is 2. The van der Waals surface area contributed by atoms with Crippen molar-refractivity contribution < 1.29 is 26.3 Å². The summed E-state index contributed by atoms with van der Waals surface area (Å²) in [6.07, 6.45) is -2.61. The molecule has 0 fully saturated rings. The minimum atomic E-state index is -4.69. The highest BCUT2D eigenvalue weighted by Gasteiger charge is 2.35. The van der Waals surface area contributed by atoms with E-state index < -0.39 is 21.7 Å². The molecule has 2 aromatic heterocycles. The monoisotopic (exact) mass is 447 g/mol. The Morgan fingerprint density at radius 1 is 1.03 bits per heavy atom. The molecule has 0 atom stereocenters. The van der Waals surface area contributed by atoms with Gasteiger partial charge in [0.2, 0.25) is 5.88 Å². The number of rotatable bonds is 5. The van der Waals surface area contributed by atoms with Crippen LogP contribution in [-0.2, 0) is 22.6 Å². The fourth-order valence-corrected chi connectivity index (χ4v) is 3.62. The topological polar surface area (TPSA) is 74.1 Å². The fourth-order valence-electron chi connectivity index (χ4n) is 3.06. The third kappa shape index (κ3) is 4.38. The predicted octanol–water partition coefficient (Wildman–Crippen LogP) is 4.42. The summed E-state index contributed by atoms with van der Waals surface area (Å²) in [5, 5.41) is 5.47. The summed E-state index contributed by atoms with van der Waals surface area (Å²) >= 11 is 0. The van der Waals surface area contributed by atoms with Crippen LogP contribution in [0.25, 0.3) is 16.6 Å². The molecule has 10 heteroatoms. The predicted molar refractivity (Wildman–Crippen MR) is 108 cm³/mol. The van der Waals surface area contributed by atoms with Crippen LogP contribution >= 0.6 is 0 Å². The van der Waals surface area contributed by atoms with Crippen molar-refractivity contribution >= 4 is 20.6 Å². The second-order valence-corrected chi connectivity index (χ2v) is 8.84. The molecule has 4 rings (SSSR count). The van der Waals surface area contributed by atoms with Gasteiger partial charge in [-0.3, -0.25) is 0 Å². The van der Waals surface area contributed by atoms with Gasteiger partial charge in [-0.2, -0.15) is 23.0 Å². The molecule has 0 aliphatic rings. The number of hydrogen-bond donors (Lipinski definition) is 0. The second-order valence-electron chi connectivity index (χ2n) is 6.83. The van der Waals surface area contributed by atoms with Gasteiger partial charge in [-0.05, 0) is 28.5 Å². The maximum atomic E-state index is 13.3. The summed E-state index contributed by atoms with van der Waals surface area (Å²) < 4.78 is 69.6. The van der Waals surface area contributed by atoms with Crippen LogP contribution in [0.5, 0.6) is 5.88 Å². The van der Waals surface area contributed by atoms with Crippen LogP contribution in [0.1, 0.15) is 11.3 Å². The molecule has 0 saturated heterocycles. The zero-order valence-corrected chi connectivity index (χ0v) is 17.0. The second kappa shape index (κ2) is 7.69. The van der Waals surface area contributed by atoms with E-state index in [1.54, 1.807) is 0 Å². The van der Waals surface area contributed by atoms with Crippen molar-refractivity contribution in [1.82, 2.24) is 14.8 Å². The molecule has 31 heavy (non-hydrogen) atoms. The molecule has 6 nitrogen and oxygen atoms in total. The lowest BCUT2D eigenvalue weighted by Gasteiger charge is -2.11. The van der Waals surface area contributed by atoms with Crippen LogP contribution in [0.3, 0.4) is 0 Å². The van der Waals surface area contributed by atoms with E-state index >= 15 is 0 Å². The molecule has 0 radical (unpaired) electrons. The quantitative estimate of drug-likeness (QED) is 0.453. The van der Waals surface area contributed by atoms with E-state index in [9.17, 15) is 21.6 Å². The van der Waals surface area contributed by atoms with Gasteiger partial charge in [0.05, 0.1) is 4.90 Å². The van der Waals surface area contributed by atoms with Crippen molar-refractivity contribution in [1.29, 1.82) is 0 Å². The molecule has 0 N–H and O–H groups in total. The molecule has 4 aromatic rings. The molecule has 0 saturated carbocycles.